The van der Waals surface area contributed by atoms with Crippen LogP contribution >= 0.6 is 11.6 Å². The number of nitrogens with zero attached hydrogens (tertiary/aromatic N) is 3. The van der Waals surface area contributed by atoms with Crippen LogP contribution in [0.1, 0.15) is 77.1 Å². The van der Waals surface area contributed by atoms with Crippen molar-refractivity contribution >= 4 is 35.4 Å². The molecule has 2 aliphatic rings. The van der Waals surface area contributed by atoms with Gasteiger partial charge in [0.15, 0.2) is 0 Å². The van der Waals surface area contributed by atoms with Crippen molar-refractivity contribution in [1.82, 2.24) is 25.3 Å². The van der Waals surface area contributed by atoms with Gasteiger partial charge in [-0.1, -0.05) is 13.8 Å². The lowest BCUT2D eigenvalue weighted by Gasteiger charge is -2.25. The minimum Gasteiger partial charge on any atom is -0.358 e. The summed E-state index contributed by atoms with van der Waals surface area (Å²) in [4.78, 5) is 41.2. The average Bonchev–Trinajstić information content (AvgIpc) is 3.24. The van der Waals surface area contributed by atoms with Crippen LogP contribution in [0.4, 0.5) is 11.6 Å². The second-order valence-corrected chi connectivity index (χ2v) is 10.3. The summed E-state index contributed by atoms with van der Waals surface area (Å²) in [5.74, 6) is 0.912. The third-order valence-corrected chi connectivity index (χ3v) is 7.58. The van der Waals surface area contributed by atoms with Crippen molar-refractivity contribution in [3.8, 4) is 11.3 Å². The third kappa shape index (κ3) is 4.51. The number of nitrogens with two attached hydrogens (primary N) is 1. The summed E-state index contributed by atoms with van der Waals surface area (Å²) in [6.07, 6.45) is 7.08. The Bertz CT molecular complexity index is 1380. The molecule has 0 saturated heterocycles. The molecule has 3 aromatic heterocycles. The molecule has 194 valence electrons. The van der Waals surface area contributed by atoms with E-state index in [1.807, 2.05) is 13.1 Å². The van der Waals surface area contributed by atoms with E-state index in [1.165, 1.54) is 16.7 Å². The number of amides is 1. The Balaban J connectivity index is 1.63. The minimum atomic E-state index is -0.226. The van der Waals surface area contributed by atoms with Gasteiger partial charge in [0.25, 0.3) is 5.91 Å². The summed E-state index contributed by atoms with van der Waals surface area (Å²) >= 11 is 6.25. The zero-order chi connectivity index (χ0) is 26.3. The quantitative estimate of drug-likeness (QED) is 0.261. The molecule has 0 radical (unpaired) electrons. The first-order valence-electron chi connectivity index (χ1n) is 12.9. The van der Waals surface area contributed by atoms with Crippen LogP contribution in [0.25, 0.3) is 11.3 Å². The maximum absolute atomic E-state index is 12.9. The van der Waals surface area contributed by atoms with Crippen molar-refractivity contribution in [3.05, 3.63) is 50.7 Å². The first-order chi connectivity index (χ1) is 17.9. The molecular formula is C27H32ClN7O2. The molecule has 1 aliphatic heterocycles. The van der Waals surface area contributed by atoms with E-state index >= 15 is 0 Å². The third-order valence-electron chi connectivity index (χ3n) is 7.41. The van der Waals surface area contributed by atoms with Crippen molar-refractivity contribution in [3.63, 3.8) is 0 Å². The van der Waals surface area contributed by atoms with Gasteiger partial charge >= 0.3 is 0 Å². The minimum absolute atomic E-state index is 0.0308. The number of carbonyl (C=O) groups is 2. The Hall–Kier alpha value is -3.30. The number of aldehydes is 1. The van der Waals surface area contributed by atoms with Gasteiger partial charge in [0.05, 0.1) is 5.69 Å². The number of rotatable bonds is 8. The Kier molecular flexibility index (Phi) is 7.00. The molecule has 1 amide bonds. The highest BCUT2D eigenvalue weighted by Gasteiger charge is 2.31. The van der Waals surface area contributed by atoms with E-state index in [1.54, 1.807) is 0 Å². The van der Waals surface area contributed by atoms with Crippen molar-refractivity contribution in [1.29, 1.82) is 0 Å². The molecule has 5 N–H and O–H groups in total. The zero-order valence-corrected chi connectivity index (χ0v) is 22.1. The van der Waals surface area contributed by atoms with Crippen molar-refractivity contribution in [2.75, 3.05) is 11.9 Å². The molecule has 5 rings (SSSR count). The first-order valence-corrected chi connectivity index (χ1v) is 13.3. The zero-order valence-electron chi connectivity index (χ0n) is 21.4. The fourth-order valence-corrected chi connectivity index (χ4v) is 5.81. The molecule has 0 fully saturated rings. The predicted molar refractivity (Wildman–Crippen MR) is 144 cm³/mol. The second-order valence-electron chi connectivity index (χ2n) is 9.92. The number of carbonyl (C=O) groups excluding carboxylic acids is 2. The van der Waals surface area contributed by atoms with Crippen LogP contribution in [0.3, 0.4) is 0 Å². The summed E-state index contributed by atoms with van der Waals surface area (Å²) < 4.78 is 0. The SMILES string of the molecule is CCc1c(Nc2nc(Cl)nc3c2C(=O)NC(C)C3)ncc2c1-c1[nH]c(C(C)CN)c(CCC=O)c1CC2. The predicted octanol–water partition coefficient (Wildman–Crippen LogP) is 3.79. The number of hydrogen-bond donors (Lipinski definition) is 4. The number of hydrogen-bond acceptors (Lipinski definition) is 7. The monoisotopic (exact) mass is 521 g/mol. The fraction of sp³-hybridized carbons (Fsp3) is 0.444. The van der Waals surface area contributed by atoms with Gasteiger partial charge in [-0.2, -0.15) is 4.98 Å². The molecule has 3 aromatic rings. The molecule has 4 heterocycles. The second kappa shape index (κ2) is 10.2. The lowest BCUT2D eigenvalue weighted by atomic mass is 9.85. The van der Waals surface area contributed by atoms with E-state index in [0.29, 0.717) is 55.1 Å². The molecule has 0 bridgehead atoms. The van der Waals surface area contributed by atoms with Gasteiger partial charge in [-0.3, -0.25) is 4.79 Å². The maximum atomic E-state index is 12.9. The highest BCUT2D eigenvalue weighted by atomic mass is 35.5. The van der Waals surface area contributed by atoms with E-state index < -0.39 is 0 Å². The number of pyridine rings is 1. The van der Waals surface area contributed by atoms with E-state index in [2.05, 4.69) is 39.4 Å². The molecule has 1 aliphatic carbocycles. The summed E-state index contributed by atoms with van der Waals surface area (Å²) in [5.41, 5.74) is 15.0. The van der Waals surface area contributed by atoms with Crippen LogP contribution in [-0.4, -0.2) is 44.7 Å². The smallest absolute Gasteiger partial charge is 0.257 e. The van der Waals surface area contributed by atoms with Gasteiger partial charge in [-0.05, 0) is 60.9 Å². The molecule has 0 saturated carbocycles. The van der Waals surface area contributed by atoms with E-state index in [-0.39, 0.29) is 23.2 Å². The fourth-order valence-electron chi connectivity index (χ4n) is 5.63. The van der Waals surface area contributed by atoms with E-state index in [9.17, 15) is 9.59 Å². The summed E-state index contributed by atoms with van der Waals surface area (Å²) in [7, 11) is 0. The number of halogens is 1. The van der Waals surface area contributed by atoms with Gasteiger partial charge in [0, 0.05) is 60.1 Å². The average molecular weight is 522 g/mol. The highest BCUT2D eigenvalue weighted by Crippen LogP contribution is 2.42. The molecule has 10 heteroatoms. The highest BCUT2D eigenvalue weighted by molar-refractivity contribution is 6.28. The lowest BCUT2D eigenvalue weighted by molar-refractivity contribution is -0.107. The van der Waals surface area contributed by atoms with Crippen molar-refractivity contribution in [2.45, 2.75) is 71.3 Å². The summed E-state index contributed by atoms with van der Waals surface area (Å²) in [6, 6.07) is -0.0308. The summed E-state index contributed by atoms with van der Waals surface area (Å²) in [5, 5.41) is 6.36. The number of aromatic amines is 1. The molecule has 9 nitrogen and oxygen atoms in total. The van der Waals surface area contributed by atoms with Crippen LogP contribution in [-0.2, 0) is 36.9 Å². The topological polar surface area (TPSA) is 139 Å². The largest absolute Gasteiger partial charge is 0.358 e. The Morgan fingerprint density at radius 2 is 2.05 bits per heavy atom. The molecule has 0 aromatic carbocycles. The number of nitrogens with one attached hydrogen (secondary N) is 3. The Labute approximate surface area is 221 Å². The van der Waals surface area contributed by atoms with Crippen molar-refractivity contribution < 1.29 is 9.59 Å². The van der Waals surface area contributed by atoms with Crippen LogP contribution in [0, 0.1) is 0 Å². The van der Waals surface area contributed by atoms with Gasteiger partial charge in [0.1, 0.15) is 23.5 Å². The Morgan fingerprint density at radius 1 is 1.24 bits per heavy atom. The first kappa shape index (κ1) is 25.4. The van der Waals surface area contributed by atoms with Crippen molar-refractivity contribution in [2.24, 2.45) is 5.73 Å². The van der Waals surface area contributed by atoms with Crippen LogP contribution in [0.2, 0.25) is 5.28 Å². The summed E-state index contributed by atoms with van der Waals surface area (Å²) in [6.45, 7) is 6.65. The number of aromatic nitrogens is 4. The molecular weight excluding hydrogens is 490 g/mol. The molecule has 0 spiro atoms. The number of aryl methyl sites for hydroxylation is 1. The van der Waals surface area contributed by atoms with Gasteiger partial charge < -0.3 is 26.1 Å². The molecule has 2 atom stereocenters. The molecule has 2 unspecified atom stereocenters. The van der Waals surface area contributed by atoms with Gasteiger partial charge in [-0.25, -0.2) is 9.97 Å². The van der Waals surface area contributed by atoms with Crippen LogP contribution < -0.4 is 16.4 Å². The number of anilines is 2. The number of fused-ring (bicyclic) bond motifs is 4. The Morgan fingerprint density at radius 3 is 2.78 bits per heavy atom. The van der Waals surface area contributed by atoms with Crippen LogP contribution in [0.15, 0.2) is 6.20 Å². The normalized spacial score (nSPS) is 16.9. The van der Waals surface area contributed by atoms with E-state index in [4.69, 9.17) is 22.3 Å². The van der Waals surface area contributed by atoms with E-state index in [0.717, 1.165) is 41.6 Å². The lowest BCUT2D eigenvalue weighted by Crippen LogP contribution is -2.40. The van der Waals surface area contributed by atoms with Gasteiger partial charge in [0.2, 0.25) is 5.28 Å². The molecule has 37 heavy (non-hydrogen) atoms. The van der Waals surface area contributed by atoms with Gasteiger partial charge in [-0.15, -0.1) is 0 Å². The number of H-pyrrole nitrogens is 1. The van der Waals surface area contributed by atoms with Crippen LogP contribution in [0.5, 0.6) is 0 Å². The maximum Gasteiger partial charge on any atom is 0.257 e. The standard InChI is InChI=1S/C27H32ClN7O2/c1-4-16-20-15(7-8-18-17(6-5-9-36)22(13(2)11-29)33-23(18)20)12-30-24(16)34-25-21-19(32-27(28)35-25)10-14(3)31-26(21)37/h9,12-14,33H,4-8,10-11,29H2,1-3H3,(H,31,37)(H,30,32,34,35).